The molecule has 0 radical (unpaired) electrons. The summed E-state index contributed by atoms with van der Waals surface area (Å²) in [5.41, 5.74) is 0. The molecule has 0 aromatic heterocycles. The van der Waals surface area contributed by atoms with Gasteiger partial charge in [0.1, 0.15) is 0 Å². The molecule has 0 atom stereocenters. The second-order valence-corrected chi connectivity index (χ2v) is 16.6. The van der Waals surface area contributed by atoms with Crippen molar-refractivity contribution in [3.63, 3.8) is 0 Å². The Bertz CT molecular complexity index is 42.1. The zero-order valence-electron chi connectivity index (χ0n) is 6.34. The molecule has 0 aromatic rings. The maximum atomic E-state index is 7.17. The van der Waals surface area contributed by atoms with E-state index < -0.39 is 33.0 Å². The molecule has 0 bridgehead atoms. The van der Waals surface area contributed by atoms with Crippen LogP contribution in [0.1, 0.15) is 2.85 Å². The molecule has 0 fully saturated rings. The Balaban J connectivity index is -0.0000000171. The quantitative estimate of drug-likeness (QED) is 0.454. The maximum Gasteiger partial charge on any atom is -1.00 e. The topological polar surface area (TPSA) is 60.7 Å². The summed E-state index contributed by atoms with van der Waals surface area (Å²) in [5, 5.41) is 21.5. The summed E-state index contributed by atoms with van der Waals surface area (Å²) < 4.78 is 0. The van der Waals surface area contributed by atoms with E-state index in [1.807, 2.05) is 0 Å². The van der Waals surface area contributed by atoms with Gasteiger partial charge in [0.2, 0.25) is 0 Å². The molecule has 0 unspecified atom stereocenters. The second-order valence-electron chi connectivity index (χ2n) is 0.594. The summed E-state index contributed by atoms with van der Waals surface area (Å²) in [4.78, 5) is 0. The van der Waals surface area contributed by atoms with E-state index in [0.717, 1.165) is 0 Å². The van der Waals surface area contributed by atoms with Crippen molar-refractivity contribution >= 4 is 76.6 Å². The van der Waals surface area contributed by atoms with Crippen molar-refractivity contribution in [2.45, 2.75) is 0 Å². The van der Waals surface area contributed by atoms with Crippen LogP contribution in [-0.2, 0) is 0 Å². The third-order valence-electron chi connectivity index (χ3n) is 0. The van der Waals surface area contributed by atoms with Gasteiger partial charge in [-0.2, -0.15) is 0 Å². The molecule has 0 rings (SSSR count). The zero-order valence-corrected chi connectivity index (χ0v) is 14.7. The van der Waals surface area contributed by atoms with E-state index >= 15 is 0 Å². The third kappa shape index (κ3) is 82.9. The van der Waals surface area contributed by atoms with E-state index in [4.69, 9.17) is 35.4 Å². The smallest absolute Gasteiger partial charge is 1.00 e. The molecule has 0 heterocycles. The van der Waals surface area contributed by atoms with Gasteiger partial charge in [-0.1, -0.05) is 0 Å². The largest absolute Gasteiger partial charge is 1.00 e. The minimum atomic E-state index is -2.31. The molecule has 52 valence electrons. The first-order chi connectivity index (χ1) is 3.46. The van der Waals surface area contributed by atoms with Crippen molar-refractivity contribution < 1.29 is 43.6 Å². The van der Waals surface area contributed by atoms with Gasteiger partial charge >= 0.3 is 102 Å². The van der Waals surface area contributed by atoms with Gasteiger partial charge in [-0.3, -0.25) is 0 Å². The van der Waals surface area contributed by atoms with Crippen LogP contribution < -0.4 is 0 Å². The Kier molecular flexibility index (Phi) is 28.8. The molecule has 0 saturated carbocycles. The fourth-order valence-corrected chi connectivity index (χ4v) is 0. The number of rotatable bonds is 0. The van der Waals surface area contributed by atoms with E-state index in [1.54, 1.807) is 0 Å². The van der Waals surface area contributed by atoms with Gasteiger partial charge < -0.3 is 17.9 Å². The van der Waals surface area contributed by atoms with Crippen LogP contribution in [0.5, 0.6) is 0 Å². The molecule has 3 nitrogen and oxygen atoms in total. The Morgan fingerprint density at radius 1 is 1.11 bits per heavy atom. The van der Waals surface area contributed by atoms with Gasteiger partial charge in [-0.15, -0.1) is 0 Å². The normalized spacial score (nSPS) is 6.00. The van der Waals surface area contributed by atoms with Crippen molar-refractivity contribution in [2.24, 2.45) is 0 Å². The molecule has 0 amide bonds. The summed E-state index contributed by atoms with van der Waals surface area (Å²) in [5.74, 6) is 0. The first kappa shape index (κ1) is 18.4. The summed E-state index contributed by atoms with van der Waals surface area (Å²) in [6, 6.07) is 0. The minimum absolute atomic E-state index is 0. The fourth-order valence-electron chi connectivity index (χ4n) is 0. The van der Waals surface area contributed by atoms with Gasteiger partial charge in [0.15, 0.2) is 0 Å². The molecule has 0 aliphatic heterocycles. The van der Waals surface area contributed by atoms with Gasteiger partial charge in [0.25, 0.3) is 0 Å². The summed E-state index contributed by atoms with van der Waals surface area (Å²) in [6.07, 6.45) is 0. The average molecular weight is 446 g/mol. The summed E-state index contributed by atoms with van der Waals surface area (Å²) in [7, 11) is -2.17. The number of halogens is 3. The zero-order chi connectivity index (χ0) is 7.15. The van der Waals surface area contributed by atoms with E-state index in [9.17, 15) is 0 Å². The Morgan fingerprint density at radius 2 is 1.11 bits per heavy atom. The van der Waals surface area contributed by atoms with Crippen LogP contribution in [0.2, 0.25) is 0 Å². The standard InChI is InChI=1S/BH3O3.Ba.3ClH.La.2H/c2-1(3)4;;;;;;;/h2-4H;;3*1H;;;/q;+2;;;;+3;2*-1/p-3. The van der Waals surface area contributed by atoms with Crippen molar-refractivity contribution in [3.8, 4) is 0 Å². The van der Waals surface area contributed by atoms with Crippen LogP contribution in [0.3, 0.4) is 0 Å². The molecule has 9 heavy (non-hydrogen) atoms. The Morgan fingerprint density at radius 3 is 1.11 bits per heavy atom. The molecule has 9 heteroatoms. The van der Waals surface area contributed by atoms with E-state index in [0.29, 0.717) is 0 Å². The maximum absolute atomic E-state index is 7.17. The van der Waals surface area contributed by atoms with Crippen LogP contribution in [0.15, 0.2) is 0 Å². The van der Waals surface area contributed by atoms with Gasteiger partial charge in [0, 0.05) is 0 Å². The van der Waals surface area contributed by atoms with Crippen LogP contribution >= 0.6 is 20.4 Å². The average Bonchev–Trinajstić information content (AvgIpc) is 1.25. The van der Waals surface area contributed by atoms with Gasteiger partial charge in [0.05, 0.1) is 0 Å². The Hall–Kier alpha value is 3.58. The van der Waals surface area contributed by atoms with Crippen LogP contribution in [0.4, 0.5) is 0 Å². The van der Waals surface area contributed by atoms with Crippen LogP contribution in [0, 0.1) is 25.7 Å². The molecular weight excluding hydrogens is 441 g/mol. The predicted octanol–water partition coefficient (Wildman–Crippen LogP) is -0.139. The molecule has 0 saturated heterocycles. The van der Waals surface area contributed by atoms with Crippen molar-refractivity contribution in [1.29, 1.82) is 0 Å². The molecule has 0 aromatic carbocycles. The minimum Gasteiger partial charge on any atom is -1.00 e. The SMILES string of the molecule is OB(O)O.[Ba+2].[Cl][La]([Cl])[Cl].[H-].[H-]. The van der Waals surface area contributed by atoms with Crippen molar-refractivity contribution in [3.05, 3.63) is 0 Å². The number of hydrogen-bond acceptors (Lipinski definition) is 3. The summed E-state index contributed by atoms with van der Waals surface area (Å²) in [6.45, 7) is 15.1. The monoisotopic (exact) mass is 446 g/mol. The molecule has 0 aliphatic rings. The molecule has 0 aliphatic carbocycles. The number of hydrogen-bond donors (Lipinski definition) is 3. The van der Waals surface area contributed by atoms with E-state index in [-0.39, 0.29) is 51.7 Å². The van der Waals surface area contributed by atoms with Gasteiger partial charge in [-0.25, -0.2) is 0 Å². The predicted molar refractivity (Wildman–Crippen MR) is 37.9 cm³/mol. The van der Waals surface area contributed by atoms with Crippen LogP contribution in [0.25, 0.3) is 0 Å². The van der Waals surface area contributed by atoms with Gasteiger partial charge in [-0.05, 0) is 0 Å². The van der Waals surface area contributed by atoms with E-state index in [1.165, 1.54) is 0 Å². The van der Waals surface area contributed by atoms with Crippen molar-refractivity contribution in [1.82, 2.24) is 0 Å². The Labute approximate surface area is 117 Å². The fraction of sp³-hybridized carbons (Fsp3) is 0. The molecular formula is H5BBaCl3LaO3. The first-order valence-corrected chi connectivity index (χ1v) is 15.1. The van der Waals surface area contributed by atoms with Crippen LogP contribution in [-0.4, -0.2) is 71.3 Å². The molecule has 0 spiro atoms. The first-order valence-electron chi connectivity index (χ1n) is 1.43. The van der Waals surface area contributed by atoms with E-state index in [2.05, 4.69) is 0 Å². The third-order valence-corrected chi connectivity index (χ3v) is 0. The second kappa shape index (κ2) is 14.1. The van der Waals surface area contributed by atoms with Crippen molar-refractivity contribution in [2.75, 3.05) is 0 Å². The molecule has 3 N–H and O–H groups in total. The summed E-state index contributed by atoms with van der Waals surface area (Å²) >= 11 is -2.31.